The zero-order valence-electron chi connectivity index (χ0n) is 14.0. The number of nitrogens with one attached hydrogen (secondary N) is 1. The Morgan fingerprint density at radius 3 is 2.88 bits per heavy atom. The van der Waals surface area contributed by atoms with Gasteiger partial charge in [0.1, 0.15) is 28.1 Å². The Kier molecular flexibility index (Phi) is 5.09. The fraction of sp³-hybridized carbons (Fsp3) is 0.278. The van der Waals surface area contributed by atoms with Crippen molar-refractivity contribution in [2.45, 2.75) is 19.3 Å². The van der Waals surface area contributed by atoms with E-state index in [0.717, 1.165) is 29.7 Å². The zero-order chi connectivity index (χ0) is 18.7. The molecule has 0 saturated carbocycles. The van der Waals surface area contributed by atoms with E-state index in [-0.39, 0.29) is 11.3 Å². The van der Waals surface area contributed by atoms with Crippen molar-refractivity contribution in [1.29, 1.82) is 5.26 Å². The van der Waals surface area contributed by atoms with Crippen LogP contribution in [-0.4, -0.2) is 30.7 Å². The molecule has 0 atom stereocenters. The predicted octanol–water partition coefficient (Wildman–Crippen LogP) is 2.62. The lowest BCUT2D eigenvalue weighted by atomic mass is 10.1. The normalized spacial score (nSPS) is 12.2. The van der Waals surface area contributed by atoms with Gasteiger partial charge in [0, 0.05) is 10.9 Å². The maximum atomic E-state index is 12.1. The van der Waals surface area contributed by atoms with Crippen molar-refractivity contribution in [3.63, 3.8) is 0 Å². The number of nitrogens with zero attached hydrogens (tertiary/aromatic N) is 1. The van der Waals surface area contributed by atoms with Crippen molar-refractivity contribution >= 4 is 28.2 Å². The molecule has 2 N–H and O–H groups in total. The molecule has 0 unspecified atom stereocenters. The first kappa shape index (κ1) is 17.8. The molecule has 8 heteroatoms. The molecule has 0 saturated heterocycles. The molecule has 1 aliphatic rings. The van der Waals surface area contributed by atoms with Crippen LogP contribution >= 0.6 is 11.3 Å². The Balaban J connectivity index is 1.61. The van der Waals surface area contributed by atoms with Gasteiger partial charge in [0.05, 0.1) is 12.7 Å². The summed E-state index contributed by atoms with van der Waals surface area (Å²) in [6.45, 7) is -0.516. The summed E-state index contributed by atoms with van der Waals surface area (Å²) in [5.74, 6) is -1.26. The Morgan fingerprint density at radius 1 is 1.38 bits per heavy atom. The number of rotatable bonds is 5. The van der Waals surface area contributed by atoms with E-state index >= 15 is 0 Å². The summed E-state index contributed by atoms with van der Waals surface area (Å²) >= 11 is 1.39. The minimum absolute atomic E-state index is 0.0635. The fourth-order valence-electron chi connectivity index (χ4n) is 2.79. The number of phenolic OH excluding ortho intramolecular Hbond substituents is 1. The SMILES string of the molecule is COc1ccc(C(=O)OCC(=O)Nc2sc3c(c2C#N)CCC3)c(O)c1. The third-order valence-corrected chi connectivity index (χ3v) is 5.25. The first-order valence-electron chi connectivity index (χ1n) is 7.92. The molecule has 7 nitrogen and oxygen atoms in total. The van der Waals surface area contributed by atoms with Crippen LogP contribution in [0.15, 0.2) is 18.2 Å². The minimum Gasteiger partial charge on any atom is -0.507 e. The summed E-state index contributed by atoms with van der Waals surface area (Å²) in [6.07, 6.45) is 2.78. The third-order valence-electron chi connectivity index (χ3n) is 4.05. The first-order valence-corrected chi connectivity index (χ1v) is 8.73. The van der Waals surface area contributed by atoms with E-state index in [2.05, 4.69) is 11.4 Å². The summed E-state index contributed by atoms with van der Waals surface area (Å²) < 4.78 is 9.88. The van der Waals surface area contributed by atoms with Crippen LogP contribution in [0.1, 0.15) is 32.8 Å². The number of phenols is 1. The quantitative estimate of drug-likeness (QED) is 0.781. The highest BCUT2D eigenvalue weighted by molar-refractivity contribution is 7.16. The number of carbonyl (C=O) groups is 2. The van der Waals surface area contributed by atoms with Gasteiger partial charge in [0.2, 0.25) is 0 Å². The number of thiophene rings is 1. The molecule has 1 amide bonds. The van der Waals surface area contributed by atoms with Gasteiger partial charge < -0.3 is 19.9 Å². The molecule has 0 spiro atoms. The van der Waals surface area contributed by atoms with E-state index in [1.54, 1.807) is 0 Å². The topological polar surface area (TPSA) is 109 Å². The summed E-state index contributed by atoms with van der Waals surface area (Å²) in [7, 11) is 1.44. The van der Waals surface area contributed by atoms with Crippen LogP contribution in [0, 0.1) is 11.3 Å². The number of anilines is 1. The maximum absolute atomic E-state index is 12.1. The second kappa shape index (κ2) is 7.45. The van der Waals surface area contributed by atoms with E-state index < -0.39 is 18.5 Å². The summed E-state index contributed by atoms with van der Waals surface area (Å²) in [6, 6.07) is 6.27. The zero-order valence-corrected chi connectivity index (χ0v) is 14.8. The summed E-state index contributed by atoms with van der Waals surface area (Å²) in [5.41, 5.74) is 1.44. The van der Waals surface area contributed by atoms with Gasteiger partial charge in [0.25, 0.3) is 5.91 Å². The lowest BCUT2D eigenvalue weighted by Crippen LogP contribution is -2.21. The number of nitriles is 1. The van der Waals surface area contributed by atoms with Gasteiger partial charge in [-0.2, -0.15) is 5.26 Å². The van der Waals surface area contributed by atoms with Crippen molar-refractivity contribution in [2.75, 3.05) is 19.0 Å². The highest BCUT2D eigenvalue weighted by Gasteiger charge is 2.23. The number of methoxy groups -OCH3 is 1. The number of aromatic hydroxyl groups is 1. The van der Waals surface area contributed by atoms with E-state index in [9.17, 15) is 20.0 Å². The maximum Gasteiger partial charge on any atom is 0.342 e. The molecule has 0 aliphatic heterocycles. The molecule has 0 radical (unpaired) electrons. The molecule has 1 heterocycles. The van der Waals surface area contributed by atoms with E-state index in [1.165, 1.54) is 36.6 Å². The van der Waals surface area contributed by atoms with E-state index in [4.69, 9.17) is 9.47 Å². The Hall–Kier alpha value is -3.05. The van der Waals surface area contributed by atoms with Crippen molar-refractivity contribution in [2.24, 2.45) is 0 Å². The molecule has 1 aromatic carbocycles. The van der Waals surface area contributed by atoms with Crippen LogP contribution in [-0.2, 0) is 22.4 Å². The van der Waals surface area contributed by atoms with E-state index in [1.807, 2.05) is 0 Å². The average Bonchev–Trinajstić information content (AvgIpc) is 3.20. The van der Waals surface area contributed by atoms with Crippen molar-refractivity contribution < 1.29 is 24.2 Å². The van der Waals surface area contributed by atoms with Crippen molar-refractivity contribution in [1.82, 2.24) is 0 Å². The van der Waals surface area contributed by atoms with Crippen LogP contribution in [0.5, 0.6) is 11.5 Å². The van der Waals surface area contributed by atoms with Gasteiger partial charge in [-0.1, -0.05) is 0 Å². The highest BCUT2D eigenvalue weighted by Crippen LogP contribution is 2.38. The monoisotopic (exact) mass is 372 g/mol. The molecule has 3 rings (SSSR count). The lowest BCUT2D eigenvalue weighted by molar-refractivity contribution is -0.119. The molecular formula is C18H16N2O5S. The lowest BCUT2D eigenvalue weighted by Gasteiger charge is -2.08. The summed E-state index contributed by atoms with van der Waals surface area (Å²) in [4.78, 5) is 25.2. The standard InChI is InChI=1S/C18H16N2O5S/c1-24-10-5-6-12(14(21)7-10)18(23)25-9-16(22)20-17-13(8-19)11-3-2-4-15(11)26-17/h5-7,21H,2-4,9H2,1H3,(H,20,22). The predicted molar refractivity (Wildman–Crippen MR) is 94.6 cm³/mol. The molecule has 1 aromatic heterocycles. The Morgan fingerprint density at radius 2 is 2.19 bits per heavy atom. The Labute approximate surface area is 153 Å². The number of carbonyl (C=O) groups excluding carboxylic acids is 2. The number of esters is 1. The summed E-state index contributed by atoms with van der Waals surface area (Å²) in [5, 5.41) is 22.2. The number of hydrogen-bond acceptors (Lipinski definition) is 7. The number of benzene rings is 1. The van der Waals surface area contributed by atoms with Gasteiger partial charge in [-0.25, -0.2) is 4.79 Å². The molecule has 2 aromatic rings. The third kappa shape index (κ3) is 3.48. The van der Waals surface area contributed by atoms with Gasteiger partial charge in [-0.3, -0.25) is 4.79 Å². The number of aryl methyl sites for hydroxylation is 1. The Bertz CT molecular complexity index is 913. The van der Waals surface area contributed by atoms with E-state index in [0.29, 0.717) is 16.3 Å². The largest absolute Gasteiger partial charge is 0.507 e. The molecular weight excluding hydrogens is 356 g/mol. The fourth-order valence-corrected chi connectivity index (χ4v) is 4.05. The second-order valence-corrected chi connectivity index (χ2v) is 6.79. The number of hydrogen-bond donors (Lipinski definition) is 2. The van der Waals surface area contributed by atoms with Gasteiger partial charge >= 0.3 is 5.97 Å². The molecule has 0 bridgehead atoms. The van der Waals surface area contributed by atoms with Crippen LogP contribution in [0.2, 0.25) is 0 Å². The second-order valence-electron chi connectivity index (χ2n) is 5.68. The molecule has 134 valence electrons. The van der Waals surface area contributed by atoms with Crippen LogP contribution in [0.4, 0.5) is 5.00 Å². The minimum atomic E-state index is -0.825. The highest BCUT2D eigenvalue weighted by atomic mass is 32.1. The average molecular weight is 372 g/mol. The number of fused-ring (bicyclic) bond motifs is 1. The molecule has 26 heavy (non-hydrogen) atoms. The van der Waals surface area contributed by atoms with Gasteiger partial charge in [0.15, 0.2) is 6.61 Å². The van der Waals surface area contributed by atoms with Crippen LogP contribution in [0.3, 0.4) is 0 Å². The van der Waals surface area contributed by atoms with Gasteiger partial charge in [-0.05, 0) is 37.0 Å². The first-order chi connectivity index (χ1) is 12.5. The molecule has 1 aliphatic carbocycles. The van der Waals surface area contributed by atoms with Gasteiger partial charge in [-0.15, -0.1) is 11.3 Å². The number of amides is 1. The van der Waals surface area contributed by atoms with Crippen molar-refractivity contribution in [3.8, 4) is 17.6 Å². The smallest absolute Gasteiger partial charge is 0.342 e. The molecule has 0 fully saturated rings. The number of ether oxygens (including phenoxy) is 2. The van der Waals surface area contributed by atoms with Crippen molar-refractivity contribution in [3.05, 3.63) is 39.8 Å². The van der Waals surface area contributed by atoms with Crippen LogP contribution in [0.25, 0.3) is 0 Å². The van der Waals surface area contributed by atoms with Crippen LogP contribution < -0.4 is 10.1 Å².